The van der Waals surface area contributed by atoms with Crippen molar-refractivity contribution in [2.24, 2.45) is 0 Å². The summed E-state index contributed by atoms with van der Waals surface area (Å²) >= 11 is 0. The number of carbonyl (C=O) groups excluding carboxylic acids is 1. The summed E-state index contributed by atoms with van der Waals surface area (Å²) in [4.78, 5) is 12.2. The zero-order chi connectivity index (χ0) is 15.8. The van der Waals surface area contributed by atoms with Crippen LogP contribution in [0.1, 0.15) is 35.7 Å². The molecular formula is C18H22N2O2. The van der Waals surface area contributed by atoms with E-state index in [1.807, 2.05) is 30.3 Å². The predicted molar refractivity (Wildman–Crippen MR) is 88.9 cm³/mol. The van der Waals surface area contributed by atoms with Gasteiger partial charge >= 0.3 is 0 Å². The van der Waals surface area contributed by atoms with E-state index in [1.165, 1.54) is 0 Å². The highest BCUT2D eigenvalue weighted by molar-refractivity contribution is 5.95. The van der Waals surface area contributed by atoms with Gasteiger partial charge in [0, 0.05) is 12.1 Å². The number of nitrogen functional groups attached to an aromatic ring is 1. The lowest BCUT2D eigenvalue weighted by molar-refractivity contribution is 0.0950. The van der Waals surface area contributed by atoms with Crippen molar-refractivity contribution in [3.63, 3.8) is 0 Å². The van der Waals surface area contributed by atoms with Crippen LogP contribution in [-0.2, 0) is 6.54 Å². The largest absolute Gasteiger partial charge is 0.491 e. The molecule has 4 nitrogen and oxygen atoms in total. The molecule has 2 rings (SSSR count). The summed E-state index contributed by atoms with van der Waals surface area (Å²) in [6.45, 7) is 3.20. The van der Waals surface area contributed by atoms with E-state index in [2.05, 4.69) is 12.2 Å². The summed E-state index contributed by atoms with van der Waals surface area (Å²) in [5, 5.41) is 2.89. The number of carbonyl (C=O) groups is 1. The summed E-state index contributed by atoms with van der Waals surface area (Å²) in [5.74, 6) is 0.435. The van der Waals surface area contributed by atoms with Crippen LogP contribution in [0.2, 0.25) is 0 Å². The van der Waals surface area contributed by atoms with Crippen LogP contribution in [-0.4, -0.2) is 12.5 Å². The van der Waals surface area contributed by atoms with Gasteiger partial charge in [-0.3, -0.25) is 4.79 Å². The molecule has 0 heterocycles. The number of amides is 1. The predicted octanol–water partition coefficient (Wildman–Crippen LogP) is 3.38. The van der Waals surface area contributed by atoms with Crippen molar-refractivity contribution in [3.05, 3.63) is 59.7 Å². The molecule has 0 atom stereocenters. The van der Waals surface area contributed by atoms with Crippen LogP contribution in [0.25, 0.3) is 0 Å². The molecule has 0 spiro atoms. The van der Waals surface area contributed by atoms with Crippen molar-refractivity contribution in [2.45, 2.75) is 26.3 Å². The number of unbranched alkanes of at least 4 members (excludes halogenated alkanes) is 1. The Labute approximate surface area is 131 Å². The normalized spacial score (nSPS) is 10.2. The Bertz CT molecular complexity index is 612. The maximum absolute atomic E-state index is 12.2. The smallest absolute Gasteiger partial charge is 0.251 e. The van der Waals surface area contributed by atoms with E-state index in [1.54, 1.807) is 18.2 Å². The maximum Gasteiger partial charge on any atom is 0.251 e. The Balaban J connectivity index is 1.98. The van der Waals surface area contributed by atoms with Gasteiger partial charge in [0.05, 0.1) is 12.3 Å². The Hall–Kier alpha value is -2.49. The molecule has 0 aromatic heterocycles. The average molecular weight is 298 g/mol. The van der Waals surface area contributed by atoms with Gasteiger partial charge < -0.3 is 15.8 Å². The van der Waals surface area contributed by atoms with Gasteiger partial charge in [-0.1, -0.05) is 43.7 Å². The minimum Gasteiger partial charge on any atom is -0.491 e. The molecule has 4 heteroatoms. The minimum atomic E-state index is -0.135. The van der Waals surface area contributed by atoms with Gasteiger partial charge in [0.15, 0.2) is 0 Å². The van der Waals surface area contributed by atoms with Gasteiger partial charge in [-0.25, -0.2) is 0 Å². The molecule has 22 heavy (non-hydrogen) atoms. The van der Waals surface area contributed by atoms with E-state index in [0.717, 1.165) is 18.4 Å². The van der Waals surface area contributed by atoms with Gasteiger partial charge in [-0.2, -0.15) is 0 Å². The standard InChI is InChI=1S/C18H22N2O2/c1-2-3-11-22-17-12-15(9-10-16(17)19)18(21)20-13-14-7-5-4-6-8-14/h4-10,12H,2-3,11,13,19H2,1H3,(H,20,21). The quantitative estimate of drug-likeness (QED) is 0.608. The third kappa shape index (κ3) is 4.52. The second-order valence-corrected chi connectivity index (χ2v) is 5.12. The third-order valence-electron chi connectivity index (χ3n) is 3.33. The van der Waals surface area contributed by atoms with E-state index in [4.69, 9.17) is 10.5 Å². The van der Waals surface area contributed by atoms with E-state index in [0.29, 0.717) is 30.2 Å². The highest BCUT2D eigenvalue weighted by atomic mass is 16.5. The summed E-state index contributed by atoms with van der Waals surface area (Å²) in [6.07, 6.45) is 2.01. The topological polar surface area (TPSA) is 64.3 Å². The molecular weight excluding hydrogens is 276 g/mol. The molecule has 3 N–H and O–H groups in total. The molecule has 2 aromatic carbocycles. The van der Waals surface area contributed by atoms with E-state index in [-0.39, 0.29) is 5.91 Å². The number of hydrogen-bond acceptors (Lipinski definition) is 3. The van der Waals surface area contributed by atoms with Crippen LogP contribution in [0, 0.1) is 0 Å². The molecule has 116 valence electrons. The Morgan fingerprint density at radius 2 is 1.95 bits per heavy atom. The van der Waals surface area contributed by atoms with E-state index >= 15 is 0 Å². The van der Waals surface area contributed by atoms with Crippen LogP contribution in [0.4, 0.5) is 5.69 Å². The average Bonchev–Trinajstić information content (AvgIpc) is 2.55. The van der Waals surface area contributed by atoms with Crippen LogP contribution < -0.4 is 15.8 Å². The molecule has 0 radical (unpaired) electrons. The van der Waals surface area contributed by atoms with Crippen molar-refractivity contribution in [1.82, 2.24) is 5.32 Å². The lowest BCUT2D eigenvalue weighted by Crippen LogP contribution is -2.22. The highest BCUT2D eigenvalue weighted by Gasteiger charge is 2.09. The molecule has 0 bridgehead atoms. The zero-order valence-corrected chi connectivity index (χ0v) is 12.8. The fourth-order valence-electron chi connectivity index (χ4n) is 2.01. The second kappa shape index (κ2) is 8.08. The van der Waals surface area contributed by atoms with Gasteiger partial charge in [-0.05, 0) is 30.2 Å². The monoisotopic (exact) mass is 298 g/mol. The Kier molecular flexibility index (Phi) is 5.83. The van der Waals surface area contributed by atoms with Gasteiger partial charge in [0.25, 0.3) is 5.91 Å². The summed E-state index contributed by atoms with van der Waals surface area (Å²) in [6, 6.07) is 14.9. The lowest BCUT2D eigenvalue weighted by Gasteiger charge is -2.11. The van der Waals surface area contributed by atoms with Gasteiger partial charge in [-0.15, -0.1) is 0 Å². The first-order valence-electron chi connectivity index (χ1n) is 7.55. The van der Waals surface area contributed by atoms with Gasteiger partial charge in [0.2, 0.25) is 0 Å². The summed E-state index contributed by atoms with van der Waals surface area (Å²) < 4.78 is 5.63. The SMILES string of the molecule is CCCCOc1cc(C(=O)NCc2ccccc2)ccc1N. The zero-order valence-electron chi connectivity index (χ0n) is 12.8. The number of anilines is 1. The number of hydrogen-bond donors (Lipinski definition) is 2. The van der Waals surface area contributed by atoms with Crippen molar-refractivity contribution < 1.29 is 9.53 Å². The highest BCUT2D eigenvalue weighted by Crippen LogP contribution is 2.23. The van der Waals surface area contributed by atoms with Crippen molar-refractivity contribution in [1.29, 1.82) is 0 Å². The molecule has 0 saturated heterocycles. The van der Waals surface area contributed by atoms with Gasteiger partial charge in [0.1, 0.15) is 5.75 Å². The Morgan fingerprint density at radius 1 is 1.18 bits per heavy atom. The molecule has 1 amide bonds. The fourth-order valence-corrected chi connectivity index (χ4v) is 2.01. The van der Waals surface area contributed by atoms with Crippen LogP contribution in [0.5, 0.6) is 5.75 Å². The Morgan fingerprint density at radius 3 is 2.68 bits per heavy atom. The van der Waals surface area contributed by atoms with E-state index < -0.39 is 0 Å². The number of rotatable bonds is 7. The summed E-state index contributed by atoms with van der Waals surface area (Å²) in [5.41, 5.74) is 8.04. The van der Waals surface area contributed by atoms with Crippen molar-refractivity contribution in [2.75, 3.05) is 12.3 Å². The summed E-state index contributed by atoms with van der Waals surface area (Å²) in [7, 11) is 0. The third-order valence-corrected chi connectivity index (χ3v) is 3.33. The first kappa shape index (κ1) is 15.9. The number of nitrogens with two attached hydrogens (primary N) is 1. The maximum atomic E-state index is 12.2. The van der Waals surface area contributed by atoms with Crippen LogP contribution >= 0.6 is 0 Å². The molecule has 0 aliphatic heterocycles. The molecule has 0 fully saturated rings. The van der Waals surface area contributed by atoms with Crippen LogP contribution in [0.15, 0.2) is 48.5 Å². The minimum absolute atomic E-state index is 0.135. The molecule has 0 aliphatic rings. The molecule has 2 aromatic rings. The molecule has 0 unspecified atom stereocenters. The second-order valence-electron chi connectivity index (χ2n) is 5.12. The first-order chi connectivity index (χ1) is 10.7. The van der Waals surface area contributed by atoms with Crippen molar-refractivity contribution >= 4 is 11.6 Å². The fraction of sp³-hybridized carbons (Fsp3) is 0.278. The number of ether oxygens (including phenoxy) is 1. The number of benzene rings is 2. The van der Waals surface area contributed by atoms with Crippen LogP contribution in [0.3, 0.4) is 0 Å². The first-order valence-corrected chi connectivity index (χ1v) is 7.55. The van der Waals surface area contributed by atoms with E-state index in [9.17, 15) is 4.79 Å². The number of nitrogens with one attached hydrogen (secondary N) is 1. The lowest BCUT2D eigenvalue weighted by atomic mass is 10.1. The molecule has 0 saturated carbocycles. The molecule has 0 aliphatic carbocycles. The van der Waals surface area contributed by atoms with Crippen molar-refractivity contribution in [3.8, 4) is 5.75 Å².